The number of phenolic OH excluding ortho intramolecular Hbond substituents is 1. The summed E-state index contributed by atoms with van der Waals surface area (Å²) in [6.07, 6.45) is 0. The van der Waals surface area contributed by atoms with Gasteiger partial charge in [-0.15, -0.1) is 0 Å². The van der Waals surface area contributed by atoms with Gasteiger partial charge in [0, 0.05) is 11.8 Å². The molecule has 1 amide bonds. The number of nitro benzene ring substituents is 1. The summed E-state index contributed by atoms with van der Waals surface area (Å²) in [6, 6.07) is 7.61. The van der Waals surface area contributed by atoms with Crippen LogP contribution in [0.4, 0.5) is 15.8 Å². The second-order valence-corrected chi connectivity index (χ2v) is 4.35. The third-order valence-corrected chi connectivity index (χ3v) is 2.87. The molecule has 0 atom stereocenters. The van der Waals surface area contributed by atoms with E-state index in [1.807, 2.05) is 0 Å². The summed E-state index contributed by atoms with van der Waals surface area (Å²) < 4.78 is 13.1. The molecule has 0 aliphatic carbocycles. The molecule has 7 heteroatoms. The van der Waals surface area contributed by atoms with Crippen LogP contribution in [0.5, 0.6) is 5.75 Å². The number of hydrogen-bond acceptors (Lipinski definition) is 4. The highest BCUT2D eigenvalue weighted by Gasteiger charge is 2.21. The van der Waals surface area contributed by atoms with Crippen molar-refractivity contribution in [3.8, 4) is 5.75 Å². The Hall–Kier alpha value is -2.96. The van der Waals surface area contributed by atoms with Crippen molar-refractivity contribution in [3.63, 3.8) is 0 Å². The van der Waals surface area contributed by atoms with Crippen LogP contribution in [-0.4, -0.2) is 15.9 Å². The molecule has 0 saturated heterocycles. The molecule has 0 aliphatic rings. The number of phenols is 1. The fourth-order valence-electron chi connectivity index (χ4n) is 1.78. The zero-order chi connectivity index (χ0) is 15.6. The lowest BCUT2D eigenvalue weighted by molar-refractivity contribution is -0.385. The monoisotopic (exact) mass is 290 g/mol. The van der Waals surface area contributed by atoms with Crippen molar-refractivity contribution >= 4 is 17.3 Å². The van der Waals surface area contributed by atoms with Gasteiger partial charge in [-0.2, -0.15) is 0 Å². The molecular formula is C14H11FN2O4. The highest BCUT2D eigenvalue weighted by Crippen LogP contribution is 2.29. The van der Waals surface area contributed by atoms with Crippen molar-refractivity contribution in [2.24, 2.45) is 0 Å². The van der Waals surface area contributed by atoms with Crippen LogP contribution in [0, 0.1) is 22.9 Å². The molecule has 0 saturated carbocycles. The number of nitro groups is 1. The van der Waals surface area contributed by atoms with E-state index in [1.165, 1.54) is 37.3 Å². The second kappa shape index (κ2) is 5.58. The minimum absolute atomic E-state index is 0.230. The minimum atomic E-state index is -0.784. The largest absolute Gasteiger partial charge is 0.502 e. The molecule has 108 valence electrons. The van der Waals surface area contributed by atoms with Crippen LogP contribution in [-0.2, 0) is 0 Å². The lowest BCUT2D eigenvalue weighted by atomic mass is 10.1. The molecule has 2 aromatic carbocycles. The number of nitrogens with zero attached hydrogens (tertiary/aromatic N) is 1. The first-order chi connectivity index (χ1) is 9.90. The number of anilines is 1. The Bertz CT molecular complexity index is 731. The Balaban J connectivity index is 2.30. The van der Waals surface area contributed by atoms with Gasteiger partial charge in [-0.3, -0.25) is 14.9 Å². The number of aryl methyl sites for hydroxylation is 1. The fourth-order valence-corrected chi connectivity index (χ4v) is 1.78. The first kappa shape index (κ1) is 14.4. The number of halogens is 1. The van der Waals surface area contributed by atoms with Gasteiger partial charge in [-0.05, 0) is 36.8 Å². The van der Waals surface area contributed by atoms with Gasteiger partial charge in [0.05, 0.1) is 10.5 Å². The topological polar surface area (TPSA) is 92.5 Å². The van der Waals surface area contributed by atoms with Crippen molar-refractivity contribution in [2.45, 2.75) is 6.92 Å². The van der Waals surface area contributed by atoms with E-state index in [4.69, 9.17) is 0 Å². The first-order valence-electron chi connectivity index (χ1n) is 5.94. The van der Waals surface area contributed by atoms with Gasteiger partial charge < -0.3 is 10.4 Å². The predicted octanol–water partition coefficient (Wildman–Crippen LogP) is 3.00. The van der Waals surface area contributed by atoms with Crippen LogP contribution in [0.1, 0.15) is 15.9 Å². The van der Waals surface area contributed by atoms with E-state index in [0.29, 0.717) is 11.3 Å². The van der Waals surface area contributed by atoms with Crippen molar-refractivity contribution in [2.75, 3.05) is 5.32 Å². The zero-order valence-corrected chi connectivity index (χ0v) is 11.0. The van der Waals surface area contributed by atoms with Crippen LogP contribution in [0.3, 0.4) is 0 Å². The summed E-state index contributed by atoms with van der Waals surface area (Å²) in [5, 5.41) is 22.9. The smallest absolute Gasteiger partial charge is 0.311 e. The van der Waals surface area contributed by atoms with E-state index >= 15 is 0 Å². The Morgan fingerprint density at radius 3 is 2.67 bits per heavy atom. The number of para-hydroxylation sites is 1. The normalized spacial score (nSPS) is 10.2. The summed E-state index contributed by atoms with van der Waals surface area (Å²) in [4.78, 5) is 21.9. The number of carbonyl (C=O) groups is 1. The van der Waals surface area contributed by atoms with Crippen molar-refractivity contribution in [1.29, 1.82) is 0 Å². The maximum atomic E-state index is 13.1. The summed E-state index contributed by atoms with van der Waals surface area (Å²) in [5.74, 6) is -1.84. The maximum absolute atomic E-state index is 13.1. The van der Waals surface area contributed by atoms with E-state index in [2.05, 4.69) is 5.32 Å². The van der Waals surface area contributed by atoms with E-state index in [-0.39, 0.29) is 5.56 Å². The molecule has 6 nitrogen and oxygen atoms in total. The number of benzene rings is 2. The van der Waals surface area contributed by atoms with Crippen molar-refractivity contribution in [1.82, 2.24) is 0 Å². The number of aromatic hydroxyl groups is 1. The average molecular weight is 290 g/mol. The predicted molar refractivity (Wildman–Crippen MR) is 73.9 cm³/mol. The molecule has 0 aliphatic heterocycles. The number of amides is 1. The summed E-state index contributed by atoms with van der Waals surface area (Å²) in [5.41, 5.74) is -0.120. The number of carbonyl (C=O) groups excluding carboxylic acids is 1. The third kappa shape index (κ3) is 2.97. The molecule has 21 heavy (non-hydrogen) atoms. The van der Waals surface area contributed by atoms with Gasteiger partial charge in [0.1, 0.15) is 5.82 Å². The van der Waals surface area contributed by atoms with Gasteiger partial charge in [0.2, 0.25) is 5.75 Å². The lowest BCUT2D eigenvalue weighted by Crippen LogP contribution is -2.12. The molecule has 2 rings (SSSR count). The molecule has 0 unspecified atom stereocenters. The van der Waals surface area contributed by atoms with Gasteiger partial charge in [0.15, 0.2) is 0 Å². The Morgan fingerprint density at radius 1 is 1.33 bits per heavy atom. The summed E-state index contributed by atoms with van der Waals surface area (Å²) in [7, 11) is 0. The van der Waals surface area contributed by atoms with E-state index in [9.17, 15) is 24.4 Å². The standard InChI is InChI=1S/C14H11FN2O4/c1-8-7-9(5-6-11(8)15)16-14(19)10-3-2-4-12(13(10)18)17(20)21/h2-7,18H,1H3,(H,16,19). The highest BCUT2D eigenvalue weighted by atomic mass is 19.1. The van der Waals surface area contributed by atoms with Crippen LogP contribution < -0.4 is 5.32 Å². The van der Waals surface area contributed by atoms with Crippen molar-refractivity contribution < 1.29 is 19.2 Å². The van der Waals surface area contributed by atoms with E-state index < -0.39 is 28.1 Å². The maximum Gasteiger partial charge on any atom is 0.311 e. The molecule has 0 spiro atoms. The van der Waals surface area contributed by atoms with E-state index in [1.54, 1.807) is 0 Å². The van der Waals surface area contributed by atoms with Crippen LogP contribution >= 0.6 is 0 Å². The molecule has 0 heterocycles. The summed E-state index contributed by atoms with van der Waals surface area (Å²) >= 11 is 0. The van der Waals surface area contributed by atoms with E-state index in [0.717, 1.165) is 6.07 Å². The molecular weight excluding hydrogens is 279 g/mol. The average Bonchev–Trinajstić information content (AvgIpc) is 2.42. The Labute approximate surface area is 119 Å². The third-order valence-electron chi connectivity index (χ3n) is 2.87. The molecule has 0 radical (unpaired) electrons. The van der Waals surface area contributed by atoms with Gasteiger partial charge >= 0.3 is 5.69 Å². The van der Waals surface area contributed by atoms with Crippen LogP contribution in [0.25, 0.3) is 0 Å². The molecule has 0 bridgehead atoms. The van der Waals surface area contributed by atoms with Crippen molar-refractivity contribution in [3.05, 3.63) is 63.5 Å². The Morgan fingerprint density at radius 2 is 2.05 bits per heavy atom. The quantitative estimate of drug-likeness (QED) is 0.671. The minimum Gasteiger partial charge on any atom is -0.502 e. The van der Waals surface area contributed by atoms with Crippen LogP contribution in [0.2, 0.25) is 0 Å². The number of rotatable bonds is 3. The fraction of sp³-hybridized carbons (Fsp3) is 0.0714. The highest BCUT2D eigenvalue weighted by molar-refractivity contribution is 6.06. The SMILES string of the molecule is Cc1cc(NC(=O)c2cccc([N+](=O)[O-])c2O)ccc1F. The zero-order valence-electron chi connectivity index (χ0n) is 11.0. The van der Waals surface area contributed by atoms with Gasteiger partial charge in [-0.1, -0.05) is 6.07 Å². The lowest BCUT2D eigenvalue weighted by Gasteiger charge is -2.08. The second-order valence-electron chi connectivity index (χ2n) is 4.35. The first-order valence-corrected chi connectivity index (χ1v) is 5.94. The molecule has 0 aromatic heterocycles. The summed E-state index contributed by atoms with van der Waals surface area (Å²) in [6.45, 7) is 1.54. The molecule has 2 aromatic rings. The Kier molecular flexibility index (Phi) is 3.84. The van der Waals surface area contributed by atoms with Gasteiger partial charge in [0.25, 0.3) is 5.91 Å². The number of hydrogen-bond donors (Lipinski definition) is 2. The molecule has 0 fully saturated rings. The molecule has 2 N–H and O–H groups in total. The van der Waals surface area contributed by atoms with Gasteiger partial charge in [-0.25, -0.2) is 4.39 Å². The van der Waals surface area contributed by atoms with Crippen LogP contribution in [0.15, 0.2) is 36.4 Å². The number of nitrogens with one attached hydrogen (secondary N) is 1.